The van der Waals surface area contributed by atoms with Gasteiger partial charge in [-0.1, -0.05) is 13.8 Å². The predicted octanol–water partition coefficient (Wildman–Crippen LogP) is -1.35. The maximum Gasteiger partial charge on any atom is 0.342 e. The van der Waals surface area contributed by atoms with Gasteiger partial charge in [-0.25, -0.2) is 9.89 Å². The summed E-state index contributed by atoms with van der Waals surface area (Å²) in [5.41, 5.74) is 3.16. The number of nitrogens with one attached hydrogen (secondary N) is 4. The molecule has 12 nitrogen and oxygen atoms in total. The number of likely N-dealkylation sites (tertiary alicyclic amines) is 1. The number of amides is 2. The molecule has 1 fully saturated rings. The van der Waals surface area contributed by atoms with Crippen LogP contribution in [0.15, 0.2) is 26.5 Å². The van der Waals surface area contributed by atoms with Gasteiger partial charge >= 0.3 is 5.69 Å². The van der Waals surface area contributed by atoms with Crippen molar-refractivity contribution in [2.75, 3.05) is 25.4 Å². The number of nitrogens with zero attached hydrogens (tertiary/aromatic N) is 2. The van der Waals surface area contributed by atoms with Gasteiger partial charge < -0.3 is 20.9 Å². The van der Waals surface area contributed by atoms with Crippen molar-refractivity contribution in [3.63, 3.8) is 0 Å². The van der Waals surface area contributed by atoms with Crippen molar-refractivity contribution in [1.29, 1.82) is 0 Å². The topological polar surface area (TPSA) is 187 Å². The molecule has 2 aromatic heterocycles. The molecule has 2 aromatic rings. The van der Waals surface area contributed by atoms with E-state index < -0.39 is 28.4 Å². The standard InChI is InChI=1S/C18H23N7O5/c1-18(2)3-4-25(16(29)11-5-10(19)6-12(26)21-11)8-9(18)7-20-14(27)13-15(28)22-17(30)24-23-13/h5-6,9H,3-4,7-8H2,1-2H3,(H,20,27)(H3,19,21,26)(H2,22,24,28,30). The second-order valence-corrected chi connectivity index (χ2v) is 7.94. The Bertz CT molecular complexity index is 1150. The Morgan fingerprint density at radius 1 is 1.27 bits per heavy atom. The average molecular weight is 417 g/mol. The van der Waals surface area contributed by atoms with Gasteiger partial charge in [0.1, 0.15) is 5.69 Å². The van der Waals surface area contributed by atoms with Crippen molar-refractivity contribution in [3.8, 4) is 0 Å². The summed E-state index contributed by atoms with van der Waals surface area (Å²) in [4.78, 5) is 65.5. The molecule has 1 saturated heterocycles. The van der Waals surface area contributed by atoms with Crippen LogP contribution in [-0.4, -0.2) is 56.5 Å². The Hall–Kier alpha value is -3.70. The molecule has 6 N–H and O–H groups in total. The van der Waals surface area contributed by atoms with Crippen LogP contribution in [0.4, 0.5) is 5.69 Å². The molecule has 0 bridgehead atoms. The van der Waals surface area contributed by atoms with Crippen LogP contribution in [0.3, 0.4) is 0 Å². The number of hydrogen-bond acceptors (Lipinski definition) is 7. The average Bonchev–Trinajstić information content (AvgIpc) is 2.65. The summed E-state index contributed by atoms with van der Waals surface area (Å²) in [6.45, 7) is 5.05. The lowest BCUT2D eigenvalue weighted by Crippen LogP contribution is -2.51. The van der Waals surface area contributed by atoms with E-state index in [2.05, 4.69) is 15.4 Å². The Labute approximate surface area is 169 Å². The first-order valence-corrected chi connectivity index (χ1v) is 9.33. The number of piperidine rings is 1. The summed E-state index contributed by atoms with van der Waals surface area (Å²) in [6, 6.07) is 2.61. The molecule has 1 aliphatic rings. The molecule has 1 atom stereocenters. The first-order valence-electron chi connectivity index (χ1n) is 9.33. The smallest absolute Gasteiger partial charge is 0.342 e. The number of anilines is 1. The van der Waals surface area contributed by atoms with E-state index >= 15 is 0 Å². The second kappa shape index (κ2) is 7.97. The number of nitrogens with two attached hydrogens (primary N) is 1. The van der Waals surface area contributed by atoms with Gasteiger partial charge in [-0.15, -0.1) is 0 Å². The van der Waals surface area contributed by atoms with Crippen LogP contribution in [0.2, 0.25) is 0 Å². The Morgan fingerprint density at radius 3 is 2.67 bits per heavy atom. The van der Waals surface area contributed by atoms with Crippen LogP contribution in [-0.2, 0) is 0 Å². The fourth-order valence-electron chi connectivity index (χ4n) is 3.41. The van der Waals surface area contributed by atoms with E-state index in [4.69, 9.17) is 5.73 Å². The molecule has 0 aromatic carbocycles. The van der Waals surface area contributed by atoms with Gasteiger partial charge in [0, 0.05) is 31.4 Å². The number of nitrogen functional groups attached to an aromatic ring is 1. The van der Waals surface area contributed by atoms with Gasteiger partial charge in [0.05, 0.1) is 0 Å². The van der Waals surface area contributed by atoms with Crippen molar-refractivity contribution in [2.45, 2.75) is 20.3 Å². The quantitative estimate of drug-likeness (QED) is 0.406. The molecule has 3 rings (SSSR count). The third-order valence-electron chi connectivity index (χ3n) is 5.39. The normalized spacial score (nSPS) is 18.1. The lowest BCUT2D eigenvalue weighted by Gasteiger charge is -2.44. The van der Waals surface area contributed by atoms with Gasteiger partial charge in [0.25, 0.3) is 22.9 Å². The zero-order valence-electron chi connectivity index (χ0n) is 16.6. The minimum absolute atomic E-state index is 0.103. The number of hydrogen-bond donors (Lipinski definition) is 5. The zero-order valence-corrected chi connectivity index (χ0v) is 16.6. The largest absolute Gasteiger partial charge is 0.399 e. The molecule has 1 unspecified atom stereocenters. The maximum atomic E-state index is 12.8. The summed E-state index contributed by atoms with van der Waals surface area (Å²) < 4.78 is 0. The number of H-pyrrole nitrogens is 3. The number of carbonyl (C=O) groups is 2. The van der Waals surface area contributed by atoms with Gasteiger partial charge in [-0.3, -0.25) is 24.2 Å². The van der Waals surface area contributed by atoms with Crippen molar-refractivity contribution < 1.29 is 9.59 Å². The maximum absolute atomic E-state index is 12.8. The molecule has 30 heavy (non-hydrogen) atoms. The number of rotatable bonds is 4. The van der Waals surface area contributed by atoms with E-state index in [-0.39, 0.29) is 35.2 Å². The minimum Gasteiger partial charge on any atom is -0.399 e. The fourth-order valence-corrected chi connectivity index (χ4v) is 3.41. The van der Waals surface area contributed by atoms with Crippen molar-refractivity contribution >= 4 is 17.5 Å². The molecule has 12 heteroatoms. The lowest BCUT2D eigenvalue weighted by molar-refractivity contribution is 0.0410. The van der Waals surface area contributed by atoms with E-state index in [0.29, 0.717) is 19.5 Å². The second-order valence-electron chi connectivity index (χ2n) is 7.94. The van der Waals surface area contributed by atoms with Crippen LogP contribution in [0.25, 0.3) is 0 Å². The Morgan fingerprint density at radius 2 is 2.00 bits per heavy atom. The summed E-state index contributed by atoms with van der Waals surface area (Å²) in [5, 5.41) is 8.13. The van der Waals surface area contributed by atoms with Crippen LogP contribution in [0.1, 0.15) is 41.2 Å². The molecule has 1 aliphatic heterocycles. The third-order valence-corrected chi connectivity index (χ3v) is 5.39. The fraction of sp³-hybridized carbons (Fsp3) is 0.444. The highest BCUT2D eigenvalue weighted by atomic mass is 16.2. The Balaban J connectivity index is 1.72. The molecular formula is C18H23N7O5. The van der Waals surface area contributed by atoms with Gasteiger partial charge in [-0.05, 0) is 23.8 Å². The SMILES string of the molecule is CC1(C)CCN(C(=O)c2cc(N)cc(=O)[nH]2)CC1CNC(=O)c1n[nH]c(=O)[nH]c1=O. The van der Waals surface area contributed by atoms with E-state index in [1.165, 1.54) is 12.1 Å². The highest BCUT2D eigenvalue weighted by Crippen LogP contribution is 2.35. The molecule has 0 saturated carbocycles. The van der Waals surface area contributed by atoms with Gasteiger partial charge in [-0.2, -0.15) is 5.10 Å². The van der Waals surface area contributed by atoms with E-state index in [0.717, 1.165) is 0 Å². The van der Waals surface area contributed by atoms with E-state index in [1.54, 1.807) is 4.90 Å². The molecular weight excluding hydrogens is 394 g/mol. The van der Waals surface area contributed by atoms with Gasteiger partial charge in [0.2, 0.25) is 5.69 Å². The molecule has 2 amide bonds. The molecule has 0 aliphatic carbocycles. The summed E-state index contributed by atoms with van der Waals surface area (Å²) in [6.07, 6.45) is 0.670. The summed E-state index contributed by atoms with van der Waals surface area (Å²) in [5.74, 6) is -1.22. The lowest BCUT2D eigenvalue weighted by atomic mass is 9.73. The molecule has 0 spiro atoms. The third kappa shape index (κ3) is 4.47. The predicted molar refractivity (Wildman–Crippen MR) is 107 cm³/mol. The van der Waals surface area contributed by atoms with Crippen LogP contribution >= 0.6 is 0 Å². The van der Waals surface area contributed by atoms with Crippen molar-refractivity contribution in [3.05, 3.63) is 54.7 Å². The van der Waals surface area contributed by atoms with Gasteiger partial charge in [0.15, 0.2) is 0 Å². The minimum atomic E-state index is -0.887. The number of aromatic amines is 3. The zero-order chi connectivity index (χ0) is 22.1. The van der Waals surface area contributed by atoms with Crippen LogP contribution in [0.5, 0.6) is 0 Å². The highest BCUT2D eigenvalue weighted by Gasteiger charge is 2.37. The molecule has 3 heterocycles. The molecule has 0 radical (unpaired) electrons. The van der Waals surface area contributed by atoms with Crippen molar-refractivity contribution in [1.82, 2.24) is 30.4 Å². The summed E-state index contributed by atoms with van der Waals surface area (Å²) >= 11 is 0. The van der Waals surface area contributed by atoms with Crippen LogP contribution < -0.4 is 27.9 Å². The van der Waals surface area contributed by atoms with E-state index in [1.807, 2.05) is 23.9 Å². The number of carbonyl (C=O) groups excluding carboxylic acids is 2. The highest BCUT2D eigenvalue weighted by molar-refractivity contribution is 5.93. The first kappa shape index (κ1) is 21.0. The first-order chi connectivity index (χ1) is 14.1. The molecule has 160 valence electrons. The van der Waals surface area contributed by atoms with Crippen LogP contribution in [0, 0.1) is 11.3 Å². The summed E-state index contributed by atoms with van der Waals surface area (Å²) in [7, 11) is 0. The monoisotopic (exact) mass is 417 g/mol. The van der Waals surface area contributed by atoms with Crippen molar-refractivity contribution in [2.24, 2.45) is 11.3 Å². The van der Waals surface area contributed by atoms with E-state index in [9.17, 15) is 24.0 Å². The number of aromatic nitrogens is 4. The number of pyridine rings is 1. The Kier molecular flexibility index (Phi) is 5.58.